The molecule has 2 heteroatoms. The highest BCUT2D eigenvalue weighted by molar-refractivity contribution is 5.79. The van der Waals surface area contributed by atoms with Crippen LogP contribution in [0.4, 0.5) is 0 Å². The van der Waals surface area contributed by atoms with E-state index in [1.54, 1.807) is 0 Å². The van der Waals surface area contributed by atoms with Gasteiger partial charge in [0, 0.05) is 0 Å². The first-order valence-corrected chi connectivity index (χ1v) is 8.50. The predicted octanol–water partition coefficient (Wildman–Crippen LogP) is 5.37. The fourth-order valence-corrected chi connectivity index (χ4v) is 3.23. The van der Waals surface area contributed by atoms with E-state index in [1.165, 1.54) is 25.7 Å². The van der Waals surface area contributed by atoms with Gasteiger partial charge in [-0.2, -0.15) is 0 Å². The van der Waals surface area contributed by atoms with Crippen LogP contribution >= 0.6 is 0 Å². The van der Waals surface area contributed by atoms with Crippen molar-refractivity contribution in [1.29, 1.82) is 0 Å². The van der Waals surface area contributed by atoms with E-state index in [0.29, 0.717) is 5.92 Å². The molecule has 1 atom stereocenters. The van der Waals surface area contributed by atoms with E-state index in [0.717, 1.165) is 5.92 Å². The van der Waals surface area contributed by atoms with Crippen molar-refractivity contribution < 1.29 is 9.53 Å². The van der Waals surface area contributed by atoms with Gasteiger partial charge in [0.1, 0.15) is 5.60 Å². The molecule has 0 aromatic rings. The molecular formula is C19H34O2. The molecule has 0 N–H and O–H groups in total. The molecule has 0 aliphatic heterocycles. The first-order chi connectivity index (χ1) is 9.63. The zero-order chi connectivity index (χ0) is 16.3. The van der Waals surface area contributed by atoms with Crippen LogP contribution in [-0.4, -0.2) is 11.6 Å². The number of ether oxygens (including phenoxy) is 1. The fraction of sp³-hybridized carbons (Fsp3) is 0.842. The number of esters is 1. The second-order valence-electron chi connectivity index (χ2n) is 7.89. The molecule has 1 aliphatic rings. The van der Waals surface area contributed by atoms with E-state index >= 15 is 0 Å². The van der Waals surface area contributed by atoms with Gasteiger partial charge in [-0.3, -0.25) is 4.79 Å². The lowest BCUT2D eigenvalue weighted by molar-refractivity contribution is -0.174. The Hall–Kier alpha value is -0.790. The maximum Gasteiger partial charge on any atom is 0.316 e. The lowest BCUT2D eigenvalue weighted by Gasteiger charge is -2.40. The highest BCUT2D eigenvalue weighted by Crippen LogP contribution is 2.39. The van der Waals surface area contributed by atoms with Crippen LogP contribution in [0.3, 0.4) is 0 Å². The summed E-state index contributed by atoms with van der Waals surface area (Å²) in [6.07, 6.45) is 8.78. The number of carbonyl (C=O) groups is 1. The Morgan fingerprint density at radius 1 is 1.14 bits per heavy atom. The van der Waals surface area contributed by atoms with Crippen LogP contribution in [0.5, 0.6) is 0 Å². The standard InChI is InChI=1S/C19H34O2/c1-8-13-19(7,14(2)3)17(20)21-18(5,6)16-11-9-15(4)10-12-16/h8,13-16H,9-12H2,1-7H3/b13-8-. The summed E-state index contributed by atoms with van der Waals surface area (Å²) < 4.78 is 6.00. The molecule has 0 saturated heterocycles. The molecule has 21 heavy (non-hydrogen) atoms. The maximum absolute atomic E-state index is 12.7. The SMILES string of the molecule is C/C=C\C(C)(C(=O)OC(C)(C)C1CCC(C)CC1)C(C)C. The smallest absolute Gasteiger partial charge is 0.316 e. The lowest BCUT2D eigenvalue weighted by Crippen LogP contribution is -2.44. The van der Waals surface area contributed by atoms with E-state index in [-0.39, 0.29) is 17.5 Å². The summed E-state index contributed by atoms with van der Waals surface area (Å²) in [6, 6.07) is 0. The Balaban J connectivity index is 2.79. The quantitative estimate of drug-likeness (QED) is 0.503. The average Bonchev–Trinajstić information content (AvgIpc) is 2.38. The Morgan fingerprint density at radius 3 is 2.10 bits per heavy atom. The minimum absolute atomic E-state index is 0.0841. The van der Waals surface area contributed by atoms with Crippen LogP contribution < -0.4 is 0 Å². The largest absolute Gasteiger partial charge is 0.459 e. The fourth-order valence-electron chi connectivity index (χ4n) is 3.23. The average molecular weight is 294 g/mol. The van der Waals surface area contributed by atoms with Crippen LogP contribution in [-0.2, 0) is 9.53 Å². The van der Waals surface area contributed by atoms with Crippen molar-refractivity contribution in [2.45, 2.75) is 79.8 Å². The van der Waals surface area contributed by atoms with E-state index in [4.69, 9.17) is 4.74 Å². The maximum atomic E-state index is 12.7. The molecule has 0 aromatic heterocycles. The van der Waals surface area contributed by atoms with E-state index in [1.807, 2.05) is 26.0 Å². The summed E-state index contributed by atoms with van der Waals surface area (Å²) in [6.45, 7) is 14.6. The van der Waals surface area contributed by atoms with Crippen LogP contribution in [0.2, 0.25) is 0 Å². The minimum Gasteiger partial charge on any atom is -0.459 e. The first kappa shape index (κ1) is 18.3. The van der Waals surface area contributed by atoms with Crippen LogP contribution in [0.15, 0.2) is 12.2 Å². The highest BCUT2D eigenvalue weighted by atomic mass is 16.6. The lowest BCUT2D eigenvalue weighted by atomic mass is 9.74. The van der Waals surface area contributed by atoms with Crippen molar-refractivity contribution in [3.8, 4) is 0 Å². The van der Waals surface area contributed by atoms with Gasteiger partial charge in [-0.05, 0) is 58.3 Å². The Labute approximate surface area is 131 Å². The summed E-state index contributed by atoms with van der Waals surface area (Å²) in [5.41, 5.74) is -0.900. The third-order valence-corrected chi connectivity index (χ3v) is 5.51. The second-order valence-corrected chi connectivity index (χ2v) is 7.89. The molecule has 1 saturated carbocycles. The van der Waals surface area contributed by atoms with E-state index in [9.17, 15) is 4.79 Å². The molecule has 1 fully saturated rings. The van der Waals surface area contributed by atoms with E-state index in [2.05, 4.69) is 34.6 Å². The molecule has 1 unspecified atom stereocenters. The normalized spacial score (nSPS) is 26.9. The third kappa shape index (κ3) is 4.34. The first-order valence-electron chi connectivity index (χ1n) is 8.50. The van der Waals surface area contributed by atoms with Crippen molar-refractivity contribution in [2.24, 2.45) is 23.2 Å². The zero-order valence-corrected chi connectivity index (χ0v) is 15.0. The minimum atomic E-state index is -0.534. The number of carbonyl (C=O) groups excluding carboxylic acids is 1. The van der Waals surface area contributed by atoms with Gasteiger partial charge in [0.25, 0.3) is 0 Å². The molecule has 0 aromatic carbocycles. The molecule has 1 aliphatic carbocycles. The van der Waals surface area contributed by atoms with Crippen molar-refractivity contribution >= 4 is 5.97 Å². The second kappa shape index (κ2) is 6.98. The monoisotopic (exact) mass is 294 g/mol. The number of hydrogen-bond donors (Lipinski definition) is 0. The molecule has 0 heterocycles. The summed E-state index contributed by atoms with van der Waals surface area (Å²) in [4.78, 5) is 12.7. The van der Waals surface area contributed by atoms with Crippen LogP contribution in [0.1, 0.15) is 74.1 Å². The Morgan fingerprint density at radius 2 is 1.67 bits per heavy atom. The van der Waals surface area contributed by atoms with Crippen molar-refractivity contribution in [3.05, 3.63) is 12.2 Å². The topological polar surface area (TPSA) is 26.3 Å². The van der Waals surface area contributed by atoms with Crippen molar-refractivity contribution in [1.82, 2.24) is 0 Å². The van der Waals surface area contributed by atoms with Crippen molar-refractivity contribution in [2.75, 3.05) is 0 Å². The van der Waals surface area contributed by atoms with Gasteiger partial charge in [0.2, 0.25) is 0 Å². The van der Waals surface area contributed by atoms with Crippen molar-refractivity contribution in [3.63, 3.8) is 0 Å². The number of hydrogen-bond acceptors (Lipinski definition) is 2. The van der Waals surface area contributed by atoms with E-state index < -0.39 is 5.41 Å². The number of allylic oxidation sites excluding steroid dienone is 1. The van der Waals surface area contributed by atoms with Gasteiger partial charge in [-0.25, -0.2) is 0 Å². The summed E-state index contributed by atoms with van der Waals surface area (Å²) in [5, 5.41) is 0. The molecule has 0 amide bonds. The van der Waals surface area contributed by atoms with Gasteiger partial charge in [-0.15, -0.1) is 0 Å². The van der Waals surface area contributed by atoms with Gasteiger partial charge >= 0.3 is 5.97 Å². The summed E-state index contributed by atoms with van der Waals surface area (Å²) in [5.74, 6) is 1.44. The molecule has 0 spiro atoms. The molecule has 1 rings (SSSR count). The molecule has 2 nitrogen and oxygen atoms in total. The molecular weight excluding hydrogens is 260 g/mol. The van der Waals surface area contributed by atoms with Gasteiger partial charge in [0.05, 0.1) is 5.41 Å². The Kier molecular flexibility index (Phi) is 6.07. The molecule has 0 bridgehead atoms. The summed E-state index contributed by atoms with van der Waals surface area (Å²) in [7, 11) is 0. The summed E-state index contributed by atoms with van der Waals surface area (Å²) >= 11 is 0. The molecule has 0 radical (unpaired) electrons. The highest BCUT2D eigenvalue weighted by Gasteiger charge is 2.41. The van der Waals surface area contributed by atoms with Gasteiger partial charge in [0.15, 0.2) is 0 Å². The van der Waals surface area contributed by atoms with Crippen LogP contribution in [0, 0.1) is 23.2 Å². The Bertz CT molecular complexity index is 373. The third-order valence-electron chi connectivity index (χ3n) is 5.51. The zero-order valence-electron chi connectivity index (χ0n) is 15.0. The van der Waals surface area contributed by atoms with Crippen LogP contribution in [0.25, 0.3) is 0 Å². The van der Waals surface area contributed by atoms with Gasteiger partial charge in [-0.1, -0.05) is 45.8 Å². The molecule has 122 valence electrons. The number of rotatable bonds is 5. The predicted molar refractivity (Wildman–Crippen MR) is 89.1 cm³/mol. The van der Waals surface area contributed by atoms with Gasteiger partial charge < -0.3 is 4.74 Å².